The summed E-state index contributed by atoms with van der Waals surface area (Å²) in [7, 11) is -4.22. The molecule has 0 atom stereocenters. The Morgan fingerprint density at radius 3 is 1.80 bits per heavy atom. The molecule has 3 aromatic rings. The molecule has 0 bridgehead atoms. The summed E-state index contributed by atoms with van der Waals surface area (Å²) in [6.07, 6.45) is 0.786. The Kier molecular flexibility index (Phi) is 8.76. The number of amides is 1. The Balaban J connectivity index is 2.21. The lowest BCUT2D eigenvalue weighted by molar-refractivity contribution is 0.100. The number of hydrogen-bond acceptors (Lipinski definition) is 6. The Morgan fingerprint density at radius 2 is 1.31 bits per heavy atom. The molecule has 0 aromatic heterocycles. The van der Waals surface area contributed by atoms with Gasteiger partial charge >= 0.3 is 0 Å². The summed E-state index contributed by atoms with van der Waals surface area (Å²) in [5.74, 6) is 0.254. The normalized spacial score (nSPS) is 11.1. The van der Waals surface area contributed by atoms with Crippen LogP contribution in [0.2, 0.25) is 0 Å². The summed E-state index contributed by atoms with van der Waals surface area (Å²) in [6, 6.07) is 17.8. The number of hydrogen-bond donors (Lipinski definition) is 0. The minimum atomic E-state index is -4.22. The first-order chi connectivity index (χ1) is 16.9. The van der Waals surface area contributed by atoms with E-state index < -0.39 is 15.9 Å². The lowest BCUT2D eigenvalue weighted by atomic mass is 10.1. The third kappa shape index (κ3) is 5.77. The van der Waals surface area contributed by atoms with E-state index in [-0.39, 0.29) is 16.1 Å². The zero-order valence-electron chi connectivity index (χ0n) is 20.5. The molecule has 8 heteroatoms. The van der Waals surface area contributed by atoms with Crippen LogP contribution in [0.25, 0.3) is 0 Å². The molecular weight excluding hydrogens is 466 g/mol. The van der Waals surface area contributed by atoms with E-state index in [1.165, 1.54) is 24.3 Å². The van der Waals surface area contributed by atoms with Gasteiger partial charge in [-0.3, -0.25) is 4.79 Å². The van der Waals surface area contributed by atoms with E-state index in [2.05, 4.69) is 0 Å². The molecule has 0 aliphatic heterocycles. The fourth-order valence-corrected chi connectivity index (χ4v) is 4.99. The Hall–Kier alpha value is -3.52. The topological polar surface area (TPSA) is 82.1 Å². The van der Waals surface area contributed by atoms with Gasteiger partial charge in [0.2, 0.25) is 5.75 Å². The van der Waals surface area contributed by atoms with Crippen LogP contribution in [0.3, 0.4) is 0 Å². The summed E-state index contributed by atoms with van der Waals surface area (Å²) >= 11 is 0. The number of rotatable bonds is 11. The van der Waals surface area contributed by atoms with Crippen molar-refractivity contribution in [3.63, 3.8) is 0 Å². The van der Waals surface area contributed by atoms with Gasteiger partial charge in [0.05, 0.1) is 30.4 Å². The molecule has 0 aliphatic rings. The molecule has 0 saturated carbocycles. The van der Waals surface area contributed by atoms with E-state index in [0.29, 0.717) is 37.1 Å². The second kappa shape index (κ2) is 11.8. The van der Waals surface area contributed by atoms with Gasteiger partial charge in [0, 0.05) is 5.56 Å². The van der Waals surface area contributed by atoms with Crippen molar-refractivity contribution in [3.05, 3.63) is 77.9 Å². The minimum Gasteiger partial charge on any atom is -0.490 e. The second-order valence-electron chi connectivity index (χ2n) is 7.51. The van der Waals surface area contributed by atoms with Gasteiger partial charge in [0.1, 0.15) is 0 Å². The van der Waals surface area contributed by atoms with Crippen LogP contribution in [-0.4, -0.2) is 34.1 Å². The van der Waals surface area contributed by atoms with Gasteiger partial charge in [-0.2, -0.15) is 4.31 Å². The second-order valence-corrected chi connectivity index (χ2v) is 9.30. The number of carbonyl (C=O) groups is 1. The zero-order chi connectivity index (χ0) is 25.4. The molecule has 3 aromatic carbocycles. The maximum atomic E-state index is 13.9. The molecular formula is C27H31NO6S. The number of nitrogens with zero attached hydrogens (tertiary/aromatic N) is 1. The monoisotopic (exact) mass is 497 g/mol. The molecule has 0 spiro atoms. The molecule has 7 nitrogen and oxygen atoms in total. The molecule has 0 N–H and O–H groups in total. The van der Waals surface area contributed by atoms with Crippen LogP contribution in [-0.2, 0) is 16.4 Å². The fourth-order valence-electron chi connectivity index (χ4n) is 3.56. The number of aryl methyl sites for hydroxylation is 1. The van der Waals surface area contributed by atoms with Crippen molar-refractivity contribution in [1.82, 2.24) is 0 Å². The summed E-state index contributed by atoms with van der Waals surface area (Å²) in [6.45, 7) is 8.48. The average molecular weight is 498 g/mol. The van der Waals surface area contributed by atoms with Crippen molar-refractivity contribution in [2.45, 2.75) is 39.0 Å². The average Bonchev–Trinajstić information content (AvgIpc) is 2.87. The maximum Gasteiger partial charge on any atom is 0.272 e. The van der Waals surface area contributed by atoms with Gasteiger partial charge in [-0.15, -0.1) is 0 Å². The maximum absolute atomic E-state index is 13.9. The molecule has 0 radical (unpaired) electrons. The highest BCUT2D eigenvalue weighted by Crippen LogP contribution is 2.40. The van der Waals surface area contributed by atoms with E-state index >= 15 is 0 Å². The zero-order valence-corrected chi connectivity index (χ0v) is 21.3. The predicted octanol–water partition coefficient (Wildman–Crippen LogP) is 5.48. The predicted molar refractivity (Wildman–Crippen MR) is 136 cm³/mol. The highest BCUT2D eigenvalue weighted by molar-refractivity contribution is 7.93. The lowest BCUT2D eigenvalue weighted by Gasteiger charge is -2.24. The van der Waals surface area contributed by atoms with Crippen molar-refractivity contribution in [3.8, 4) is 17.2 Å². The third-order valence-corrected chi connectivity index (χ3v) is 6.93. The summed E-state index contributed by atoms with van der Waals surface area (Å²) in [4.78, 5) is 13.9. The molecule has 0 fully saturated rings. The molecule has 35 heavy (non-hydrogen) atoms. The summed E-state index contributed by atoms with van der Waals surface area (Å²) in [5.41, 5.74) is 1.36. The van der Waals surface area contributed by atoms with Gasteiger partial charge in [0.25, 0.3) is 15.9 Å². The van der Waals surface area contributed by atoms with Gasteiger partial charge in [-0.05, 0) is 69.2 Å². The molecule has 1 amide bonds. The quantitative estimate of drug-likeness (QED) is 0.349. The molecule has 0 saturated heterocycles. The lowest BCUT2D eigenvalue weighted by Crippen LogP contribution is -2.37. The van der Waals surface area contributed by atoms with Crippen molar-refractivity contribution in [1.29, 1.82) is 0 Å². The third-order valence-electron chi connectivity index (χ3n) is 5.20. The van der Waals surface area contributed by atoms with Gasteiger partial charge in [-0.25, -0.2) is 8.42 Å². The highest BCUT2D eigenvalue weighted by atomic mass is 32.2. The van der Waals surface area contributed by atoms with E-state index in [1.807, 2.05) is 39.8 Å². The smallest absolute Gasteiger partial charge is 0.272 e. The van der Waals surface area contributed by atoms with E-state index in [0.717, 1.165) is 16.3 Å². The van der Waals surface area contributed by atoms with Gasteiger partial charge < -0.3 is 14.2 Å². The summed E-state index contributed by atoms with van der Waals surface area (Å²) in [5, 5.41) is 0. The van der Waals surface area contributed by atoms with Crippen LogP contribution in [0.4, 0.5) is 5.69 Å². The van der Waals surface area contributed by atoms with E-state index in [1.54, 1.807) is 30.3 Å². The van der Waals surface area contributed by atoms with Crippen LogP contribution >= 0.6 is 0 Å². The molecule has 0 aliphatic carbocycles. The van der Waals surface area contributed by atoms with Crippen LogP contribution in [0.15, 0.2) is 71.6 Å². The molecule has 0 unspecified atom stereocenters. The Bertz CT molecular complexity index is 1210. The van der Waals surface area contributed by atoms with Crippen LogP contribution < -0.4 is 18.5 Å². The SMILES string of the molecule is CCOc1cc(C(=O)N(c2ccc(CC)cc2)S(=O)(=O)c2ccccc2)cc(OCC)c1OCC. The highest BCUT2D eigenvalue weighted by Gasteiger charge is 2.33. The first-order valence-electron chi connectivity index (χ1n) is 11.7. The van der Waals surface area contributed by atoms with Gasteiger partial charge in [0.15, 0.2) is 11.5 Å². The standard InChI is InChI=1S/C27H31NO6S/c1-5-20-14-16-22(17-15-20)28(35(30,31)23-12-10-9-11-13-23)27(29)21-18-24(32-6-2)26(34-8-4)25(19-21)33-7-3/h9-19H,5-8H2,1-4H3. The number of sulfonamides is 1. The van der Waals surface area contributed by atoms with Crippen LogP contribution in [0.1, 0.15) is 43.6 Å². The minimum absolute atomic E-state index is 0.00826. The van der Waals surface area contributed by atoms with Crippen LogP contribution in [0.5, 0.6) is 17.2 Å². The van der Waals surface area contributed by atoms with E-state index in [4.69, 9.17) is 14.2 Å². The number of anilines is 1. The molecule has 0 heterocycles. The fraction of sp³-hybridized carbons (Fsp3) is 0.296. The van der Waals surface area contributed by atoms with E-state index in [9.17, 15) is 13.2 Å². The first kappa shape index (κ1) is 26.1. The van der Waals surface area contributed by atoms with Crippen molar-refractivity contribution >= 4 is 21.6 Å². The van der Waals surface area contributed by atoms with Crippen molar-refractivity contribution < 1.29 is 27.4 Å². The molecule has 186 valence electrons. The summed E-state index contributed by atoms with van der Waals surface area (Å²) < 4.78 is 45.4. The number of benzene rings is 3. The number of ether oxygens (including phenoxy) is 3. The first-order valence-corrected chi connectivity index (χ1v) is 13.1. The molecule has 3 rings (SSSR count). The number of carbonyl (C=O) groups excluding carboxylic acids is 1. The van der Waals surface area contributed by atoms with Gasteiger partial charge in [-0.1, -0.05) is 37.3 Å². The largest absolute Gasteiger partial charge is 0.490 e. The Labute approximate surface area is 207 Å². The van der Waals surface area contributed by atoms with Crippen LogP contribution in [0, 0.1) is 0 Å². The van der Waals surface area contributed by atoms with Crippen molar-refractivity contribution in [2.24, 2.45) is 0 Å². The Morgan fingerprint density at radius 1 is 0.771 bits per heavy atom. The van der Waals surface area contributed by atoms with Crippen molar-refractivity contribution in [2.75, 3.05) is 24.1 Å².